The molecular weight excluding hydrogens is 198 g/mol. The number of allylic oxidation sites excluding steroid dienone is 1. The van der Waals surface area contributed by atoms with Crippen LogP contribution in [0.3, 0.4) is 0 Å². The van der Waals surface area contributed by atoms with Crippen LogP contribution in [-0.2, 0) is 4.79 Å². The number of hydrogen-bond donors (Lipinski definition) is 1. The van der Waals surface area contributed by atoms with E-state index in [-0.39, 0.29) is 5.54 Å². The molecule has 2 nitrogen and oxygen atoms in total. The summed E-state index contributed by atoms with van der Waals surface area (Å²) < 4.78 is 0. The molecule has 0 aromatic heterocycles. The standard InChI is InChI=1S/C7H14.C5H11NO.C2H6/c1-5-7(4)6(2)3;1-5(2,3)6-4-7;1-2/h7H,2,5H2,1,3-4H3;4H,1-3H3,(H,6,7);1-2H3. The zero-order valence-corrected chi connectivity index (χ0v) is 12.5. The summed E-state index contributed by atoms with van der Waals surface area (Å²) in [4.78, 5) is 9.71. The van der Waals surface area contributed by atoms with Crippen molar-refractivity contribution in [3.8, 4) is 0 Å². The van der Waals surface area contributed by atoms with Crippen LogP contribution in [0.25, 0.3) is 0 Å². The lowest BCUT2D eigenvalue weighted by atomic mass is 10.0. The van der Waals surface area contributed by atoms with Crippen LogP contribution >= 0.6 is 0 Å². The second-order valence-corrected chi connectivity index (χ2v) is 4.67. The molecule has 0 aromatic rings. The van der Waals surface area contributed by atoms with Gasteiger partial charge in [0, 0.05) is 5.54 Å². The van der Waals surface area contributed by atoms with E-state index in [1.807, 2.05) is 34.6 Å². The van der Waals surface area contributed by atoms with Gasteiger partial charge in [-0.3, -0.25) is 4.79 Å². The minimum atomic E-state index is -0.0677. The minimum absolute atomic E-state index is 0.0677. The molecule has 1 unspecified atom stereocenters. The van der Waals surface area contributed by atoms with Gasteiger partial charge in [0.25, 0.3) is 0 Å². The van der Waals surface area contributed by atoms with Crippen LogP contribution < -0.4 is 5.32 Å². The summed E-state index contributed by atoms with van der Waals surface area (Å²) in [6, 6.07) is 0. The first-order valence-corrected chi connectivity index (χ1v) is 6.11. The van der Waals surface area contributed by atoms with E-state index in [0.29, 0.717) is 12.3 Å². The molecule has 1 N–H and O–H groups in total. The van der Waals surface area contributed by atoms with Gasteiger partial charge in [-0.2, -0.15) is 0 Å². The highest BCUT2D eigenvalue weighted by Gasteiger charge is 2.04. The van der Waals surface area contributed by atoms with Gasteiger partial charge in [-0.05, 0) is 40.0 Å². The Morgan fingerprint density at radius 2 is 1.75 bits per heavy atom. The molecule has 0 heterocycles. The van der Waals surface area contributed by atoms with Gasteiger partial charge in [-0.1, -0.05) is 39.8 Å². The van der Waals surface area contributed by atoms with E-state index in [4.69, 9.17) is 0 Å². The first-order chi connectivity index (χ1) is 7.24. The molecule has 1 amide bonds. The van der Waals surface area contributed by atoms with Crippen LogP contribution in [0.4, 0.5) is 0 Å². The Bertz CT molecular complexity index is 168. The molecule has 0 bridgehead atoms. The molecule has 0 aliphatic heterocycles. The van der Waals surface area contributed by atoms with Crippen LogP contribution in [0.5, 0.6) is 0 Å². The maximum absolute atomic E-state index is 9.71. The van der Waals surface area contributed by atoms with Crippen molar-refractivity contribution < 1.29 is 4.79 Å². The van der Waals surface area contributed by atoms with Crippen LogP contribution in [0.2, 0.25) is 0 Å². The fraction of sp³-hybridized carbons (Fsp3) is 0.786. The van der Waals surface area contributed by atoms with Gasteiger partial charge in [0.15, 0.2) is 0 Å². The summed E-state index contributed by atoms with van der Waals surface area (Å²) in [6.07, 6.45) is 1.93. The van der Waals surface area contributed by atoms with Crippen LogP contribution in [-0.4, -0.2) is 11.9 Å². The molecule has 0 aromatic carbocycles. The van der Waals surface area contributed by atoms with Crippen molar-refractivity contribution >= 4 is 6.41 Å². The van der Waals surface area contributed by atoms with Gasteiger partial charge in [0.05, 0.1) is 0 Å². The molecule has 98 valence electrons. The predicted octanol–water partition coefficient (Wildman–Crippen LogP) is 4.17. The van der Waals surface area contributed by atoms with E-state index in [1.54, 1.807) is 0 Å². The maximum atomic E-state index is 9.71. The first-order valence-electron chi connectivity index (χ1n) is 6.11. The van der Waals surface area contributed by atoms with Crippen LogP contribution in [0.1, 0.15) is 61.8 Å². The molecule has 0 saturated heterocycles. The Labute approximate surface area is 103 Å². The number of hydrogen-bond acceptors (Lipinski definition) is 1. The van der Waals surface area contributed by atoms with Crippen molar-refractivity contribution in [3.63, 3.8) is 0 Å². The summed E-state index contributed by atoms with van der Waals surface area (Å²) in [7, 11) is 0. The second kappa shape index (κ2) is 12.3. The summed E-state index contributed by atoms with van der Waals surface area (Å²) in [6.45, 7) is 20.1. The summed E-state index contributed by atoms with van der Waals surface area (Å²) >= 11 is 0. The average Bonchev–Trinajstić information content (AvgIpc) is 2.18. The van der Waals surface area contributed by atoms with E-state index in [0.717, 1.165) is 0 Å². The third kappa shape index (κ3) is 23.2. The Hall–Kier alpha value is -0.790. The van der Waals surface area contributed by atoms with E-state index >= 15 is 0 Å². The number of rotatable bonds is 3. The van der Waals surface area contributed by atoms with Crippen molar-refractivity contribution in [1.29, 1.82) is 0 Å². The molecule has 1 atom stereocenters. The first kappa shape index (κ1) is 20.6. The molecule has 2 heteroatoms. The summed E-state index contributed by atoms with van der Waals surface area (Å²) in [5.41, 5.74) is 1.23. The minimum Gasteiger partial charge on any atom is -0.354 e. The van der Waals surface area contributed by atoms with Crippen molar-refractivity contribution in [1.82, 2.24) is 5.32 Å². The highest BCUT2D eigenvalue weighted by Crippen LogP contribution is 2.09. The fourth-order valence-corrected chi connectivity index (χ4v) is 0.525. The van der Waals surface area contributed by atoms with Gasteiger partial charge in [0.1, 0.15) is 0 Å². The lowest BCUT2D eigenvalue weighted by Gasteiger charge is -2.15. The van der Waals surface area contributed by atoms with E-state index in [1.165, 1.54) is 12.0 Å². The Morgan fingerprint density at radius 1 is 1.38 bits per heavy atom. The van der Waals surface area contributed by atoms with Gasteiger partial charge in [-0.25, -0.2) is 0 Å². The zero-order chi connectivity index (χ0) is 13.8. The Morgan fingerprint density at radius 3 is 1.75 bits per heavy atom. The van der Waals surface area contributed by atoms with E-state index in [9.17, 15) is 4.79 Å². The van der Waals surface area contributed by atoms with Gasteiger partial charge in [0.2, 0.25) is 6.41 Å². The lowest BCUT2D eigenvalue weighted by molar-refractivity contribution is -0.110. The average molecular weight is 229 g/mol. The molecule has 0 radical (unpaired) electrons. The quantitative estimate of drug-likeness (QED) is 0.571. The molecule has 0 aliphatic carbocycles. The molecule has 0 spiro atoms. The van der Waals surface area contributed by atoms with Crippen molar-refractivity contribution in [2.24, 2.45) is 5.92 Å². The zero-order valence-electron chi connectivity index (χ0n) is 12.5. The van der Waals surface area contributed by atoms with Crippen LogP contribution in [0, 0.1) is 5.92 Å². The van der Waals surface area contributed by atoms with E-state index in [2.05, 4.69) is 32.7 Å². The smallest absolute Gasteiger partial charge is 0.207 e. The Kier molecular flexibility index (Phi) is 15.8. The molecule has 16 heavy (non-hydrogen) atoms. The normalized spacial score (nSPS) is 11.0. The van der Waals surface area contributed by atoms with Gasteiger partial charge >= 0.3 is 0 Å². The highest BCUT2D eigenvalue weighted by molar-refractivity contribution is 5.47. The number of carbonyl (C=O) groups excluding carboxylic acids is 1. The largest absolute Gasteiger partial charge is 0.354 e. The molecule has 0 fully saturated rings. The highest BCUT2D eigenvalue weighted by atomic mass is 16.1. The fourth-order valence-electron chi connectivity index (χ4n) is 0.525. The number of carbonyl (C=O) groups is 1. The molecule has 0 rings (SSSR count). The lowest BCUT2D eigenvalue weighted by Crippen LogP contribution is -2.34. The number of amides is 1. The molecule has 0 saturated carbocycles. The summed E-state index contributed by atoms with van der Waals surface area (Å²) in [5.74, 6) is 0.708. The summed E-state index contributed by atoms with van der Waals surface area (Å²) in [5, 5.41) is 2.60. The Balaban J connectivity index is -0.000000183. The maximum Gasteiger partial charge on any atom is 0.207 e. The monoisotopic (exact) mass is 229 g/mol. The number of nitrogens with one attached hydrogen (secondary N) is 1. The van der Waals surface area contributed by atoms with E-state index < -0.39 is 0 Å². The van der Waals surface area contributed by atoms with Crippen molar-refractivity contribution in [3.05, 3.63) is 12.2 Å². The van der Waals surface area contributed by atoms with Crippen molar-refractivity contribution in [2.45, 2.75) is 67.3 Å². The topological polar surface area (TPSA) is 29.1 Å². The van der Waals surface area contributed by atoms with Crippen molar-refractivity contribution in [2.75, 3.05) is 0 Å². The second-order valence-electron chi connectivity index (χ2n) is 4.67. The third-order valence-corrected chi connectivity index (χ3v) is 1.95. The third-order valence-electron chi connectivity index (χ3n) is 1.95. The predicted molar refractivity (Wildman–Crippen MR) is 74.6 cm³/mol. The van der Waals surface area contributed by atoms with Gasteiger partial charge < -0.3 is 5.32 Å². The van der Waals surface area contributed by atoms with Crippen LogP contribution in [0.15, 0.2) is 12.2 Å². The van der Waals surface area contributed by atoms with Gasteiger partial charge in [-0.15, -0.1) is 0 Å². The SMILES string of the molecule is C=C(C)C(C)CC.CC.CC(C)(C)NC=O. The molecule has 0 aliphatic rings. The molecular formula is C14H31NO.